The van der Waals surface area contributed by atoms with Crippen molar-refractivity contribution in [1.82, 2.24) is 9.55 Å². The van der Waals surface area contributed by atoms with Gasteiger partial charge < -0.3 is 9.47 Å². The second-order valence-corrected chi connectivity index (χ2v) is 12.5. The topological polar surface area (TPSA) is 27.8 Å². The van der Waals surface area contributed by atoms with Crippen LogP contribution in [0.15, 0.2) is 182 Å². The second kappa shape index (κ2) is 11.0. The van der Waals surface area contributed by atoms with Gasteiger partial charge >= 0.3 is 0 Å². The Morgan fingerprint density at radius 1 is 0.490 bits per heavy atom. The van der Waals surface area contributed by atoms with Gasteiger partial charge in [0.2, 0.25) is 0 Å². The molecule has 1 N–H and O–H groups in total. The summed E-state index contributed by atoms with van der Waals surface area (Å²) in [5.41, 5.74) is 15.0. The van der Waals surface area contributed by atoms with Gasteiger partial charge in [-0.25, -0.2) is 4.98 Å². The quantitative estimate of drug-likeness (QED) is 0.193. The van der Waals surface area contributed by atoms with Gasteiger partial charge in [0.25, 0.3) is 5.82 Å². The lowest BCUT2D eigenvalue weighted by Gasteiger charge is -2.27. The predicted octanol–water partition coefficient (Wildman–Crippen LogP) is 11.2. The average Bonchev–Trinajstić information content (AvgIpc) is 3.69. The Morgan fingerprint density at radius 2 is 1.12 bits per heavy atom. The van der Waals surface area contributed by atoms with E-state index in [9.17, 15) is 0 Å². The molecule has 10 rings (SSSR count). The van der Waals surface area contributed by atoms with Crippen molar-refractivity contribution in [3.8, 4) is 45.1 Å². The molecule has 0 amide bonds. The number of hydrogen-bond donors (Lipinski definition) is 1. The highest BCUT2D eigenvalue weighted by atomic mass is 15.2. The number of anilines is 3. The zero-order valence-corrected chi connectivity index (χ0v) is 26.7. The van der Waals surface area contributed by atoms with E-state index in [4.69, 9.17) is 0 Å². The monoisotopic (exact) mass is 627 g/mol. The molecule has 0 saturated heterocycles. The highest BCUT2D eigenvalue weighted by molar-refractivity contribution is 6.13. The highest BCUT2D eigenvalue weighted by Crippen LogP contribution is 2.54. The van der Waals surface area contributed by atoms with Crippen molar-refractivity contribution in [1.29, 1.82) is 0 Å². The Labute approximate surface area is 284 Å². The highest BCUT2D eigenvalue weighted by Gasteiger charge is 2.31. The summed E-state index contributed by atoms with van der Waals surface area (Å²) < 4.78 is 4.76. The number of nitrogens with one attached hydrogen (secondary N) is 1. The van der Waals surface area contributed by atoms with Crippen LogP contribution in [-0.4, -0.2) is 9.55 Å². The first kappa shape index (κ1) is 27.5. The Bertz CT molecular complexity index is 2670. The molecule has 4 nitrogen and oxygen atoms in total. The Hall–Kier alpha value is -6.65. The smallest absolute Gasteiger partial charge is 0.292 e. The number of imidazole rings is 1. The Kier molecular flexibility index (Phi) is 6.15. The summed E-state index contributed by atoms with van der Waals surface area (Å²) >= 11 is 0. The molecule has 230 valence electrons. The van der Waals surface area contributed by atoms with E-state index in [1.807, 2.05) is 0 Å². The summed E-state index contributed by atoms with van der Waals surface area (Å²) in [7, 11) is 0. The molecule has 9 aromatic rings. The van der Waals surface area contributed by atoms with Crippen molar-refractivity contribution < 1.29 is 4.57 Å². The average molecular weight is 628 g/mol. The third kappa shape index (κ3) is 4.21. The third-order valence-electron chi connectivity index (χ3n) is 9.72. The molecule has 0 fully saturated rings. The summed E-state index contributed by atoms with van der Waals surface area (Å²) in [5, 5.41) is 1.24. The molecule has 49 heavy (non-hydrogen) atoms. The van der Waals surface area contributed by atoms with Gasteiger partial charge in [-0.15, -0.1) is 0 Å². The zero-order chi connectivity index (χ0) is 32.3. The van der Waals surface area contributed by atoms with Crippen molar-refractivity contribution in [2.75, 3.05) is 4.90 Å². The van der Waals surface area contributed by atoms with Crippen LogP contribution in [-0.2, 0) is 0 Å². The molecule has 0 atom stereocenters. The number of aromatic nitrogens is 3. The normalized spacial score (nSPS) is 12.0. The van der Waals surface area contributed by atoms with Crippen LogP contribution in [0.5, 0.6) is 0 Å². The maximum Gasteiger partial charge on any atom is 0.292 e. The summed E-state index contributed by atoms with van der Waals surface area (Å²) in [4.78, 5) is 6.19. The van der Waals surface area contributed by atoms with Crippen molar-refractivity contribution in [2.45, 2.75) is 0 Å². The molecular formula is C45H31N4+. The maximum atomic E-state index is 3.76. The molecule has 0 radical (unpaired) electrons. The lowest BCUT2D eigenvalue weighted by molar-refractivity contribution is -0.554. The molecule has 0 unspecified atom stereocenters. The van der Waals surface area contributed by atoms with Crippen LogP contribution in [0.2, 0.25) is 0 Å². The van der Waals surface area contributed by atoms with E-state index in [0.29, 0.717) is 0 Å². The first-order valence-electron chi connectivity index (χ1n) is 16.7. The number of fused-ring (bicyclic) bond motifs is 8. The number of para-hydroxylation sites is 7. The number of H-pyrrole nitrogens is 1. The maximum absolute atomic E-state index is 3.76. The van der Waals surface area contributed by atoms with Crippen molar-refractivity contribution in [2.24, 2.45) is 0 Å². The van der Waals surface area contributed by atoms with E-state index < -0.39 is 0 Å². The lowest BCUT2D eigenvalue weighted by atomic mass is 9.98. The van der Waals surface area contributed by atoms with E-state index in [1.165, 1.54) is 33.3 Å². The van der Waals surface area contributed by atoms with Gasteiger partial charge in [-0.05, 0) is 72.8 Å². The van der Waals surface area contributed by atoms with Gasteiger partial charge in [0.15, 0.2) is 11.0 Å². The number of hydrogen-bond acceptors (Lipinski definition) is 1. The van der Waals surface area contributed by atoms with Crippen molar-refractivity contribution in [3.05, 3.63) is 182 Å². The van der Waals surface area contributed by atoms with Gasteiger partial charge in [0.1, 0.15) is 5.69 Å². The molecule has 3 heterocycles. The third-order valence-corrected chi connectivity index (χ3v) is 9.72. The van der Waals surface area contributed by atoms with Crippen LogP contribution in [0, 0.1) is 0 Å². The summed E-state index contributed by atoms with van der Waals surface area (Å²) in [6.45, 7) is 0. The van der Waals surface area contributed by atoms with Gasteiger partial charge in [0.05, 0.1) is 28.1 Å². The minimum atomic E-state index is 1.04. The van der Waals surface area contributed by atoms with Crippen LogP contribution in [0.1, 0.15) is 0 Å². The van der Waals surface area contributed by atoms with Gasteiger partial charge in [-0.3, -0.25) is 0 Å². The van der Waals surface area contributed by atoms with Crippen molar-refractivity contribution >= 4 is 39.0 Å². The van der Waals surface area contributed by atoms with Crippen LogP contribution in [0.4, 0.5) is 17.1 Å². The fourth-order valence-corrected chi connectivity index (χ4v) is 7.69. The SMILES string of the molecule is c1ccc(-n2c3c(c4ccccc42)-c2ccccc2N(c2cccc(-c4[nH]c5ccccc5[n+]4-c4ccccc4)c2)c2ccccc2-3)cc1. The molecular weight excluding hydrogens is 597 g/mol. The molecule has 2 aromatic heterocycles. The molecule has 1 aliphatic rings. The molecule has 1 aliphatic heterocycles. The van der Waals surface area contributed by atoms with Crippen LogP contribution < -0.4 is 9.47 Å². The predicted molar refractivity (Wildman–Crippen MR) is 201 cm³/mol. The standard InChI is InChI=1S/C45H30N4/c1-3-17-32(18-4-1)48-40-27-12-8-23-36(40)43-35-22-7-11-26-39(35)47(41-28-13-9-24-37(41)44(43)48)34-21-15-16-31(30-34)45-46-38-25-10-14-29-42(38)49(45)33-19-5-2-6-20-33/h1-30H/p+1. The van der Waals surface area contributed by atoms with E-state index in [0.717, 1.165) is 50.9 Å². The second-order valence-electron chi connectivity index (χ2n) is 12.5. The number of aromatic amines is 1. The first-order valence-corrected chi connectivity index (χ1v) is 16.7. The molecule has 0 spiro atoms. The van der Waals surface area contributed by atoms with E-state index >= 15 is 0 Å². The van der Waals surface area contributed by atoms with Crippen molar-refractivity contribution in [3.63, 3.8) is 0 Å². The first-order chi connectivity index (χ1) is 24.3. The number of rotatable bonds is 4. The molecule has 7 aromatic carbocycles. The summed E-state index contributed by atoms with van der Waals surface area (Å²) in [6, 6.07) is 65.3. The van der Waals surface area contributed by atoms with E-state index in [2.05, 4.69) is 201 Å². The zero-order valence-electron chi connectivity index (χ0n) is 26.7. The summed E-state index contributed by atoms with van der Waals surface area (Å²) in [5.74, 6) is 1.04. The fraction of sp³-hybridized carbons (Fsp3) is 0. The minimum absolute atomic E-state index is 1.04. The Morgan fingerprint density at radius 3 is 1.96 bits per heavy atom. The van der Waals surface area contributed by atoms with E-state index in [-0.39, 0.29) is 0 Å². The van der Waals surface area contributed by atoms with Gasteiger partial charge in [-0.2, -0.15) is 4.57 Å². The number of nitrogens with zero attached hydrogens (tertiary/aromatic N) is 3. The molecule has 0 bridgehead atoms. The Balaban J connectivity index is 1.25. The van der Waals surface area contributed by atoms with Crippen LogP contribution in [0.3, 0.4) is 0 Å². The lowest BCUT2D eigenvalue weighted by Crippen LogP contribution is -2.31. The van der Waals surface area contributed by atoms with Crippen LogP contribution in [0.25, 0.3) is 67.1 Å². The largest absolute Gasteiger partial charge is 0.309 e. The fourth-order valence-electron chi connectivity index (χ4n) is 7.69. The molecule has 0 saturated carbocycles. The van der Waals surface area contributed by atoms with Crippen LogP contribution >= 0.6 is 0 Å². The minimum Gasteiger partial charge on any atom is -0.309 e. The summed E-state index contributed by atoms with van der Waals surface area (Å²) in [6.07, 6.45) is 0. The number of benzene rings is 7. The van der Waals surface area contributed by atoms with Gasteiger partial charge in [-0.1, -0.05) is 109 Å². The van der Waals surface area contributed by atoms with Gasteiger partial charge in [0, 0.05) is 33.5 Å². The molecule has 0 aliphatic carbocycles. The van der Waals surface area contributed by atoms with E-state index in [1.54, 1.807) is 0 Å². The molecule has 4 heteroatoms.